The number of hydrogen-bond acceptors (Lipinski definition) is 2. The first kappa shape index (κ1) is 15.3. The summed E-state index contributed by atoms with van der Waals surface area (Å²) in [5.74, 6) is -0.321. The second-order valence-corrected chi connectivity index (χ2v) is 5.48. The Morgan fingerprint density at radius 1 is 1.28 bits per heavy atom. The molecule has 1 atom stereocenters. The van der Waals surface area contributed by atoms with Crippen LogP contribution in [0.2, 0.25) is 0 Å². The van der Waals surface area contributed by atoms with Crippen LogP contribution in [0.15, 0.2) is 16.6 Å². The van der Waals surface area contributed by atoms with E-state index >= 15 is 0 Å². The van der Waals surface area contributed by atoms with Gasteiger partial charge in [0.05, 0.1) is 15.8 Å². The molecule has 0 heterocycles. The molecular formula is C14H22BrFN2. The van der Waals surface area contributed by atoms with Crippen LogP contribution >= 0.6 is 15.9 Å². The van der Waals surface area contributed by atoms with Gasteiger partial charge in [0.25, 0.3) is 0 Å². The molecule has 0 saturated heterocycles. The molecule has 0 aromatic heterocycles. The number of nitrogens with one attached hydrogen (secondary N) is 1. The van der Waals surface area contributed by atoms with Gasteiger partial charge in [0.1, 0.15) is 5.82 Å². The van der Waals surface area contributed by atoms with E-state index in [0.717, 1.165) is 24.9 Å². The van der Waals surface area contributed by atoms with Crippen LogP contribution in [0, 0.1) is 5.82 Å². The third-order valence-electron chi connectivity index (χ3n) is 3.00. The molecule has 3 N–H and O–H groups in total. The van der Waals surface area contributed by atoms with Crippen molar-refractivity contribution in [2.75, 3.05) is 11.1 Å². The van der Waals surface area contributed by atoms with Crippen molar-refractivity contribution in [1.82, 2.24) is 0 Å². The summed E-state index contributed by atoms with van der Waals surface area (Å²) >= 11 is 3.19. The minimum atomic E-state index is -0.321. The van der Waals surface area contributed by atoms with Crippen molar-refractivity contribution in [3.05, 3.63) is 22.4 Å². The Kier molecular flexibility index (Phi) is 6.47. The molecular weight excluding hydrogens is 295 g/mol. The van der Waals surface area contributed by atoms with Gasteiger partial charge in [0.2, 0.25) is 0 Å². The Morgan fingerprint density at radius 2 is 2.00 bits per heavy atom. The lowest BCUT2D eigenvalue weighted by Gasteiger charge is -2.20. The fourth-order valence-electron chi connectivity index (χ4n) is 1.99. The number of anilines is 2. The quantitative estimate of drug-likeness (QED) is 0.699. The van der Waals surface area contributed by atoms with Crippen LogP contribution in [0.25, 0.3) is 0 Å². The number of hydrogen-bond donors (Lipinski definition) is 2. The zero-order valence-corrected chi connectivity index (χ0v) is 12.7. The first-order chi connectivity index (χ1) is 8.58. The van der Waals surface area contributed by atoms with Crippen LogP contribution in [0.3, 0.4) is 0 Å². The van der Waals surface area contributed by atoms with Crippen molar-refractivity contribution < 1.29 is 4.39 Å². The Morgan fingerprint density at radius 3 is 2.61 bits per heavy atom. The van der Waals surface area contributed by atoms with Crippen molar-refractivity contribution >= 4 is 27.3 Å². The molecule has 1 rings (SSSR count). The third kappa shape index (κ3) is 4.48. The van der Waals surface area contributed by atoms with E-state index in [1.807, 2.05) is 0 Å². The number of nitrogens with two attached hydrogens (primary N) is 1. The van der Waals surface area contributed by atoms with Crippen LogP contribution in [-0.4, -0.2) is 6.04 Å². The average molecular weight is 317 g/mol. The minimum Gasteiger partial charge on any atom is -0.397 e. The molecule has 0 amide bonds. The lowest BCUT2D eigenvalue weighted by atomic mass is 10.0. The van der Waals surface area contributed by atoms with E-state index in [1.165, 1.54) is 18.9 Å². The van der Waals surface area contributed by atoms with E-state index < -0.39 is 0 Å². The molecule has 18 heavy (non-hydrogen) atoms. The van der Waals surface area contributed by atoms with Gasteiger partial charge in [-0.25, -0.2) is 4.39 Å². The highest BCUT2D eigenvalue weighted by Gasteiger charge is 2.11. The second-order valence-electron chi connectivity index (χ2n) is 4.63. The van der Waals surface area contributed by atoms with E-state index in [-0.39, 0.29) is 5.82 Å². The van der Waals surface area contributed by atoms with Gasteiger partial charge in [-0.15, -0.1) is 0 Å². The van der Waals surface area contributed by atoms with Gasteiger partial charge < -0.3 is 11.1 Å². The highest BCUT2D eigenvalue weighted by Crippen LogP contribution is 2.28. The molecule has 0 radical (unpaired) electrons. The summed E-state index contributed by atoms with van der Waals surface area (Å²) in [6.45, 7) is 4.36. The number of nitrogen functional groups attached to an aromatic ring is 1. The van der Waals surface area contributed by atoms with Gasteiger partial charge in [-0.05, 0) is 34.8 Å². The van der Waals surface area contributed by atoms with Gasteiger partial charge in [-0.3, -0.25) is 0 Å². The predicted octanol–water partition coefficient (Wildman–Crippen LogP) is 4.94. The monoisotopic (exact) mass is 316 g/mol. The van der Waals surface area contributed by atoms with Crippen molar-refractivity contribution in [3.63, 3.8) is 0 Å². The molecule has 0 fully saturated rings. The summed E-state index contributed by atoms with van der Waals surface area (Å²) in [4.78, 5) is 0. The number of benzene rings is 1. The normalized spacial score (nSPS) is 12.4. The van der Waals surface area contributed by atoms with Gasteiger partial charge in [0, 0.05) is 12.1 Å². The van der Waals surface area contributed by atoms with Crippen LogP contribution in [0.5, 0.6) is 0 Å². The van der Waals surface area contributed by atoms with Crippen molar-refractivity contribution in [1.29, 1.82) is 0 Å². The first-order valence-electron chi connectivity index (χ1n) is 6.59. The fourth-order valence-corrected chi connectivity index (χ4v) is 2.34. The predicted molar refractivity (Wildman–Crippen MR) is 80.4 cm³/mol. The van der Waals surface area contributed by atoms with Crippen LogP contribution in [-0.2, 0) is 0 Å². The van der Waals surface area contributed by atoms with E-state index in [2.05, 4.69) is 35.1 Å². The molecule has 1 aromatic carbocycles. The number of rotatable bonds is 7. The van der Waals surface area contributed by atoms with E-state index in [9.17, 15) is 4.39 Å². The lowest BCUT2D eigenvalue weighted by molar-refractivity contribution is 0.564. The van der Waals surface area contributed by atoms with Gasteiger partial charge in [-0.2, -0.15) is 0 Å². The summed E-state index contributed by atoms with van der Waals surface area (Å²) in [5.41, 5.74) is 7.12. The highest BCUT2D eigenvalue weighted by atomic mass is 79.9. The van der Waals surface area contributed by atoms with E-state index in [1.54, 1.807) is 6.07 Å². The van der Waals surface area contributed by atoms with Crippen LogP contribution in [0.1, 0.15) is 46.0 Å². The largest absolute Gasteiger partial charge is 0.397 e. The first-order valence-corrected chi connectivity index (χ1v) is 7.38. The number of halogens is 2. The maximum Gasteiger partial charge on any atom is 0.139 e. The second kappa shape index (κ2) is 7.62. The molecule has 1 aromatic rings. The van der Waals surface area contributed by atoms with Gasteiger partial charge in [-0.1, -0.05) is 33.1 Å². The zero-order chi connectivity index (χ0) is 13.5. The summed E-state index contributed by atoms with van der Waals surface area (Å²) in [6.07, 6.45) is 5.74. The molecule has 1 unspecified atom stereocenters. The topological polar surface area (TPSA) is 38.0 Å². The third-order valence-corrected chi connectivity index (χ3v) is 3.60. The maximum absolute atomic E-state index is 13.3. The summed E-state index contributed by atoms with van der Waals surface area (Å²) < 4.78 is 13.7. The fraction of sp³-hybridized carbons (Fsp3) is 0.571. The lowest BCUT2D eigenvalue weighted by Crippen LogP contribution is -2.20. The summed E-state index contributed by atoms with van der Waals surface area (Å²) in [7, 11) is 0. The molecule has 0 aliphatic heterocycles. The summed E-state index contributed by atoms with van der Waals surface area (Å²) in [5, 5.41) is 3.43. The maximum atomic E-state index is 13.3. The molecule has 0 saturated carbocycles. The highest BCUT2D eigenvalue weighted by molar-refractivity contribution is 9.10. The zero-order valence-electron chi connectivity index (χ0n) is 11.1. The molecule has 0 aliphatic rings. The van der Waals surface area contributed by atoms with Gasteiger partial charge >= 0.3 is 0 Å². The smallest absolute Gasteiger partial charge is 0.139 e. The van der Waals surface area contributed by atoms with Gasteiger partial charge in [0.15, 0.2) is 0 Å². The number of unbranched alkanes of at least 4 members (excludes halogenated alkanes) is 1. The molecule has 0 aliphatic carbocycles. The minimum absolute atomic E-state index is 0.321. The van der Waals surface area contributed by atoms with Crippen LogP contribution < -0.4 is 11.1 Å². The molecule has 2 nitrogen and oxygen atoms in total. The summed E-state index contributed by atoms with van der Waals surface area (Å²) in [6, 6.07) is 3.49. The molecule has 102 valence electrons. The average Bonchev–Trinajstić information content (AvgIpc) is 2.33. The SMILES string of the molecule is CCCCC(CCC)Nc1cc(Br)c(F)cc1N. The molecule has 4 heteroatoms. The van der Waals surface area contributed by atoms with Crippen LogP contribution in [0.4, 0.5) is 15.8 Å². The van der Waals surface area contributed by atoms with Crippen molar-refractivity contribution in [2.45, 2.75) is 52.0 Å². The Labute approximate surface area is 117 Å². The van der Waals surface area contributed by atoms with Crippen molar-refractivity contribution in [3.8, 4) is 0 Å². The molecule has 0 spiro atoms. The van der Waals surface area contributed by atoms with Crippen molar-refractivity contribution in [2.24, 2.45) is 0 Å². The van der Waals surface area contributed by atoms with E-state index in [0.29, 0.717) is 16.2 Å². The van der Waals surface area contributed by atoms with E-state index in [4.69, 9.17) is 5.73 Å². The Hall–Kier alpha value is -0.770. The molecule has 0 bridgehead atoms. The Balaban J connectivity index is 2.76. The standard InChI is InChI=1S/C14H22BrFN2/c1-3-5-7-10(6-4-2)18-14-8-11(15)12(16)9-13(14)17/h8-10,18H,3-7,17H2,1-2H3. The Bertz CT molecular complexity index is 382.